The van der Waals surface area contributed by atoms with E-state index in [4.69, 9.17) is 6.42 Å². The molecule has 0 radical (unpaired) electrons. The molecule has 116 valence electrons. The molecule has 0 spiro atoms. The number of halogens is 1. The molecule has 0 aliphatic carbocycles. The molecule has 0 aliphatic heterocycles. The van der Waals surface area contributed by atoms with Crippen LogP contribution in [0.5, 0.6) is 0 Å². The van der Waals surface area contributed by atoms with E-state index in [2.05, 4.69) is 33.8 Å². The predicted molar refractivity (Wildman–Crippen MR) is 94.9 cm³/mol. The van der Waals surface area contributed by atoms with Gasteiger partial charge in [0.1, 0.15) is 6.54 Å². The van der Waals surface area contributed by atoms with E-state index in [0.717, 1.165) is 14.3 Å². The minimum absolute atomic E-state index is 0.111. The molecule has 0 aromatic heterocycles. The quantitative estimate of drug-likeness (QED) is 0.597. The topological polar surface area (TPSA) is 37.4 Å². The van der Waals surface area contributed by atoms with Crippen LogP contribution in [0.2, 0.25) is 0 Å². The first kappa shape index (κ1) is 17.1. The van der Waals surface area contributed by atoms with Crippen LogP contribution in [0.15, 0.2) is 57.9 Å². The summed E-state index contributed by atoms with van der Waals surface area (Å²) in [4.78, 5) is 0.170. The van der Waals surface area contributed by atoms with Gasteiger partial charge in [-0.2, -0.15) is 0 Å². The lowest BCUT2D eigenvalue weighted by Crippen LogP contribution is -2.27. The first-order valence-corrected chi connectivity index (χ1v) is 8.97. The summed E-state index contributed by atoms with van der Waals surface area (Å²) in [7, 11) is -3.75. The normalized spacial score (nSPS) is 10.3. The van der Waals surface area contributed by atoms with Crippen molar-refractivity contribution in [3.8, 4) is 24.3 Å². The van der Waals surface area contributed by atoms with E-state index in [0.29, 0.717) is 5.56 Å². The van der Waals surface area contributed by atoms with Crippen molar-refractivity contribution in [2.45, 2.75) is 11.8 Å². The molecule has 2 aromatic carbocycles. The summed E-state index contributed by atoms with van der Waals surface area (Å²) in [6.07, 6.45) is 5.29. The molecule has 0 bridgehead atoms. The first-order valence-electron chi connectivity index (χ1n) is 6.73. The fourth-order valence-corrected chi connectivity index (χ4v) is 3.17. The molecule has 0 aliphatic rings. The van der Waals surface area contributed by atoms with Gasteiger partial charge in [0.25, 0.3) is 10.0 Å². The molecule has 2 rings (SSSR count). The molecule has 0 saturated carbocycles. The van der Waals surface area contributed by atoms with Crippen LogP contribution in [-0.2, 0) is 10.0 Å². The van der Waals surface area contributed by atoms with Gasteiger partial charge in [0.2, 0.25) is 0 Å². The Morgan fingerprint density at radius 1 is 1.09 bits per heavy atom. The molecule has 2 aromatic rings. The van der Waals surface area contributed by atoms with Gasteiger partial charge >= 0.3 is 0 Å². The number of sulfonamides is 1. The molecule has 0 atom stereocenters. The van der Waals surface area contributed by atoms with E-state index >= 15 is 0 Å². The molecule has 0 amide bonds. The summed E-state index contributed by atoms with van der Waals surface area (Å²) in [5, 5.41) is 0. The fraction of sp³-hybridized carbons (Fsp3) is 0.111. The Labute approximate surface area is 145 Å². The van der Waals surface area contributed by atoms with Crippen LogP contribution in [0.1, 0.15) is 11.1 Å². The molecular formula is C18H14BrNO2S. The zero-order valence-electron chi connectivity index (χ0n) is 12.5. The van der Waals surface area contributed by atoms with Gasteiger partial charge in [-0.05, 0) is 49.2 Å². The third-order valence-electron chi connectivity index (χ3n) is 3.01. The van der Waals surface area contributed by atoms with Crippen molar-refractivity contribution in [3.63, 3.8) is 0 Å². The Morgan fingerprint density at radius 3 is 2.26 bits per heavy atom. The van der Waals surface area contributed by atoms with Crippen LogP contribution in [-0.4, -0.2) is 19.3 Å². The maximum Gasteiger partial charge on any atom is 0.271 e. The van der Waals surface area contributed by atoms with Crippen molar-refractivity contribution < 1.29 is 8.42 Å². The second-order valence-corrected chi connectivity index (χ2v) is 7.55. The van der Waals surface area contributed by atoms with Gasteiger partial charge in [-0.3, -0.25) is 0 Å². The number of aryl methyl sites for hydroxylation is 1. The highest BCUT2D eigenvalue weighted by atomic mass is 79.9. The monoisotopic (exact) mass is 387 g/mol. The van der Waals surface area contributed by atoms with Crippen molar-refractivity contribution in [2.75, 3.05) is 6.54 Å². The summed E-state index contributed by atoms with van der Waals surface area (Å²) < 4.78 is 27.2. The van der Waals surface area contributed by atoms with Gasteiger partial charge in [-0.15, -0.1) is 6.42 Å². The van der Waals surface area contributed by atoms with Gasteiger partial charge in [-0.1, -0.05) is 39.5 Å². The van der Waals surface area contributed by atoms with Crippen molar-refractivity contribution >= 4 is 26.0 Å². The van der Waals surface area contributed by atoms with Crippen molar-refractivity contribution in [1.82, 2.24) is 4.31 Å². The number of benzene rings is 2. The standard InChI is InChI=1S/C18H14BrNO2S/c1-3-13-20(14-12-16-6-8-17(19)9-7-16)23(21,22)18-10-4-15(2)5-11-18/h1,4-11H,13H2,2H3. The van der Waals surface area contributed by atoms with E-state index < -0.39 is 10.0 Å². The van der Waals surface area contributed by atoms with Crippen LogP contribution < -0.4 is 0 Å². The van der Waals surface area contributed by atoms with E-state index in [1.807, 2.05) is 19.1 Å². The fourth-order valence-electron chi connectivity index (χ4n) is 1.77. The average Bonchev–Trinajstić information content (AvgIpc) is 2.53. The van der Waals surface area contributed by atoms with Crippen LogP contribution in [0.25, 0.3) is 0 Å². The molecular weight excluding hydrogens is 374 g/mol. The molecule has 0 unspecified atom stereocenters. The lowest BCUT2D eigenvalue weighted by atomic mass is 10.2. The summed E-state index contributed by atoms with van der Waals surface area (Å²) in [5.74, 6) is 5.16. The summed E-state index contributed by atoms with van der Waals surface area (Å²) in [6.45, 7) is 1.78. The molecule has 0 saturated heterocycles. The molecule has 5 heteroatoms. The Bertz CT molecular complexity index is 883. The Morgan fingerprint density at radius 2 is 1.70 bits per heavy atom. The zero-order chi connectivity index (χ0) is 16.9. The Balaban J connectivity index is 2.36. The molecule has 23 heavy (non-hydrogen) atoms. The highest BCUT2D eigenvalue weighted by molar-refractivity contribution is 9.10. The molecule has 0 fully saturated rings. The number of hydrogen-bond acceptors (Lipinski definition) is 2. The molecule has 3 nitrogen and oxygen atoms in total. The largest absolute Gasteiger partial charge is 0.271 e. The SMILES string of the molecule is C#CCN(C#Cc1ccc(Br)cc1)S(=O)(=O)c1ccc(C)cc1. The number of hydrogen-bond donors (Lipinski definition) is 0. The van der Waals surface area contributed by atoms with Gasteiger partial charge in [0.15, 0.2) is 0 Å². The maximum absolute atomic E-state index is 12.6. The van der Waals surface area contributed by atoms with Crippen LogP contribution >= 0.6 is 15.9 Å². The van der Waals surface area contributed by atoms with Gasteiger partial charge in [-0.25, -0.2) is 12.7 Å². The van der Waals surface area contributed by atoms with Crippen LogP contribution in [0.3, 0.4) is 0 Å². The minimum atomic E-state index is -3.75. The lowest BCUT2D eigenvalue weighted by molar-refractivity contribution is 0.535. The van der Waals surface area contributed by atoms with Crippen molar-refractivity contribution in [2.24, 2.45) is 0 Å². The molecule has 0 heterocycles. The molecule has 0 N–H and O–H groups in total. The van der Waals surface area contributed by atoms with Gasteiger partial charge in [0, 0.05) is 16.1 Å². The maximum atomic E-state index is 12.6. The predicted octanol–water partition coefficient (Wildman–Crippen LogP) is 3.39. The summed E-state index contributed by atoms with van der Waals surface area (Å²) in [6, 6.07) is 16.5. The van der Waals surface area contributed by atoms with Crippen molar-refractivity contribution in [3.05, 3.63) is 64.1 Å². The Kier molecular flexibility index (Phi) is 5.50. The first-order chi connectivity index (χ1) is 10.9. The van der Waals surface area contributed by atoms with Gasteiger partial charge < -0.3 is 0 Å². The second-order valence-electron chi connectivity index (χ2n) is 4.77. The number of terminal acetylenes is 1. The third-order valence-corrected chi connectivity index (χ3v) is 5.21. The van der Waals surface area contributed by atoms with E-state index in [1.54, 1.807) is 36.4 Å². The Hall–Kier alpha value is -2.21. The van der Waals surface area contributed by atoms with Gasteiger partial charge in [0.05, 0.1) is 4.90 Å². The van der Waals surface area contributed by atoms with Crippen LogP contribution in [0, 0.1) is 31.2 Å². The lowest BCUT2D eigenvalue weighted by Gasteiger charge is -2.15. The van der Waals surface area contributed by atoms with E-state index in [9.17, 15) is 8.42 Å². The van der Waals surface area contributed by atoms with E-state index in [1.165, 1.54) is 0 Å². The smallest absolute Gasteiger partial charge is 0.212 e. The zero-order valence-corrected chi connectivity index (χ0v) is 14.9. The average molecular weight is 388 g/mol. The summed E-state index contributed by atoms with van der Waals surface area (Å²) >= 11 is 3.34. The second kappa shape index (κ2) is 7.37. The highest BCUT2D eigenvalue weighted by Crippen LogP contribution is 2.16. The summed E-state index contributed by atoms with van der Waals surface area (Å²) in [5.41, 5.74) is 1.68. The third kappa shape index (κ3) is 4.39. The van der Waals surface area contributed by atoms with E-state index in [-0.39, 0.29) is 11.4 Å². The van der Waals surface area contributed by atoms with Crippen LogP contribution in [0.4, 0.5) is 0 Å². The highest BCUT2D eigenvalue weighted by Gasteiger charge is 2.21. The minimum Gasteiger partial charge on any atom is -0.212 e. The number of nitrogens with zero attached hydrogens (tertiary/aromatic N) is 1. The van der Waals surface area contributed by atoms with Crippen molar-refractivity contribution in [1.29, 1.82) is 0 Å². The number of rotatable bonds is 3.